The molecule has 4 nitrogen and oxygen atoms in total. The maximum atomic E-state index is 9.64. The van der Waals surface area contributed by atoms with Crippen molar-refractivity contribution in [3.63, 3.8) is 0 Å². The van der Waals surface area contributed by atoms with Crippen molar-refractivity contribution in [1.82, 2.24) is 0 Å². The van der Waals surface area contributed by atoms with Crippen LogP contribution in [0.4, 0.5) is 0 Å². The van der Waals surface area contributed by atoms with Gasteiger partial charge in [0.1, 0.15) is 0 Å². The lowest BCUT2D eigenvalue weighted by Crippen LogP contribution is -2.31. The molecule has 1 aromatic rings. The average Bonchev–Trinajstić information content (AvgIpc) is 2.67. The van der Waals surface area contributed by atoms with Crippen LogP contribution >= 0.6 is 0 Å². The van der Waals surface area contributed by atoms with E-state index >= 15 is 0 Å². The Balaban J connectivity index is 2.45. The lowest BCUT2D eigenvalue weighted by molar-refractivity contribution is 0.259. The highest BCUT2D eigenvalue weighted by molar-refractivity contribution is 6.59. The molecule has 0 heterocycles. The molecule has 0 fully saturated rings. The smallest absolute Gasteiger partial charge is 0.490 e. The van der Waals surface area contributed by atoms with E-state index in [1.54, 1.807) is 12.1 Å². The van der Waals surface area contributed by atoms with Crippen LogP contribution in [0.25, 0.3) is 0 Å². The lowest BCUT2D eigenvalue weighted by Gasteiger charge is -2.16. The van der Waals surface area contributed by atoms with Crippen LogP contribution in [0, 0.1) is 0 Å². The first kappa shape index (κ1) is 23.8. The van der Waals surface area contributed by atoms with E-state index in [4.69, 9.17) is 9.47 Å². The third kappa shape index (κ3) is 10.6. The zero-order chi connectivity index (χ0) is 19.7. The van der Waals surface area contributed by atoms with Gasteiger partial charge in [0, 0.05) is 5.46 Å². The molecule has 1 aromatic carbocycles. The van der Waals surface area contributed by atoms with Gasteiger partial charge >= 0.3 is 7.12 Å². The van der Waals surface area contributed by atoms with Crippen molar-refractivity contribution in [2.24, 2.45) is 0 Å². The van der Waals surface area contributed by atoms with E-state index in [0.717, 1.165) is 25.7 Å². The number of hydrogen-bond acceptors (Lipinski definition) is 4. The summed E-state index contributed by atoms with van der Waals surface area (Å²) in [5.41, 5.74) is 0.376. The van der Waals surface area contributed by atoms with E-state index in [9.17, 15) is 10.0 Å². The SMILES string of the molecule is CCCCCCCCOc1cccc(B(O)O)c1OCCCCCCCC. The van der Waals surface area contributed by atoms with Gasteiger partial charge in [0.2, 0.25) is 0 Å². The fourth-order valence-electron chi connectivity index (χ4n) is 3.13. The third-order valence-electron chi connectivity index (χ3n) is 4.79. The van der Waals surface area contributed by atoms with E-state index in [0.29, 0.717) is 30.2 Å². The second-order valence-electron chi connectivity index (χ2n) is 7.28. The van der Waals surface area contributed by atoms with Crippen molar-refractivity contribution in [1.29, 1.82) is 0 Å². The number of unbranched alkanes of at least 4 members (excludes halogenated alkanes) is 10. The van der Waals surface area contributed by atoms with Crippen LogP contribution in [0.1, 0.15) is 90.9 Å². The number of hydrogen-bond donors (Lipinski definition) is 2. The van der Waals surface area contributed by atoms with Gasteiger partial charge in [0.15, 0.2) is 11.5 Å². The molecule has 154 valence electrons. The second-order valence-corrected chi connectivity index (χ2v) is 7.28. The van der Waals surface area contributed by atoms with E-state index < -0.39 is 7.12 Å². The Morgan fingerprint density at radius 1 is 0.704 bits per heavy atom. The zero-order valence-electron chi connectivity index (χ0n) is 17.4. The molecule has 0 aliphatic heterocycles. The van der Waals surface area contributed by atoms with Gasteiger partial charge < -0.3 is 19.5 Å². The van der Waals surface area contributed by atoms with Crippen molar-refractivity contribution >= 4 is 12.6 Å². The molecule has 0 unspecified atom stereocenters. The molecule has 0 spiro atoms. The highest BCUT2D eigenvalue weighted by Crippen LogP contribution is 2.26. The Labute approximate surface area is 166 Å². The molecule has 0 radical (unpaired) electrons. The van der Waals surface area contributed by atoms with Crippen LogP contribution < -0.4 is 14.9 Å². The molecule has 0 amide bonds. The Kier molecular flexibility index (Phi) is 14.0. The van der Waals surface area contributed by atoms with Crippen molar-refractivity contribution in [3.8, 4) is 11.5 Å². The quantitative estimate of drug-likeness (QED) is 0.301. The Morgan fingerprint density at radius 2 is 1.22 bits per heavy atom. The summed E-state index contributed by atoms with van der Waals surface area (Å²) >= 11 is 0. The van der Waals surface area contributed by atoms with Crippen LogP contribution in [0.15, 0.2) is 18.2 Å². The Morgan fingerprint density at radius 3 is 1.78 bits per heavy atom. The highest BCUT2D eigenvalue weighted by Gasteiger charge is 2.20. The van der Waals surface area contributed by atoms with Gasteiger partial charge in [0.25, 0.3) is 0 Å². The van der Waals surface area contributed by atoms with Crippen LogP contribution in [-0.2, 0) is 0 Å². The lowest BCUT2D eigenvalue weighted by atomic mass is 9.79. The van der Waals surface area contributed by atoms with Gasteiger partial charge in [-0.15, -0.1) is 0 Å². The van der Waals surface area contributed by atoms with E-state index in [-0.39, 0.29) is 0 Å². The van der Waals surface area contributed by atoms with E-state index in [1.165, 1.54) is 51.4 Å². The van der Waals surface area contributed by atoms with Gasteiger partial charge in [0.05, 0.1) is 13.2 Å². The Bertz CT molecular complexity index is 479. The minimum absolute atomic E-state index is 0.376. The summed E-state index contributed by atoms with van der Waals surface area (Å²) in [5, 5.41) is 19.3. The molecule has 27 heavy (non-hydrogen) atoms. The van der Waals surface area contributed by atoms with Crippen LogP contribution in [-0.4, -0.2) is 30.4 Å². The number of ether oxygens (including phenoxy) is 2. The molecule has 0 aliphatic rings. The normalized spacial score (nSPS) is 10.8. The molecular formula is C22H39BO4. The third-order valence-corrected chi connectivity index (χ3v) is 4.79. The first-order valence-electron chi connectivity index (χ1n) is 10.9. The van der Waals surface area contributed by atoms with Crippen LogP contribution in [0.5, 0.6) is 11.5 Å². The van der Waals surface area contributed by atoms with Gasteiger partial charge in [-0.2, -0.15) is 0 Å². The molecule has 5 heteroatoms. The Hall–Kier alpha value is -1.20. The number of rotatable bonds is 17. The van der Waals surface area contributed by atoms with Crippen molar-refractivity contribution < 1.29 is 19.5 Å². The fourth-order valence-corrected chi connectivity index (χ4v) is 3.13. The van der Waals surface area contributed by atoms with Crippen LogP contribution in [0.2, 0.25) is 0 Å². The molecule has 1 rings (SSSR count). The van der Waals surface area contributed by atoms with Gasteiger partial charge in [-0.1, -0.05) is 90.2 Å². The van der Waals surface area contributed by atoms with Gasteiger partial charge in [-0.3, -0.25) is 0 Å². The molecule has 0 aliphatic carbocycles. The molecule has 0 saturated heterocycles. The van der Waals surface area contributed by atoms with Crippen molar-refractivity contribution in [3.05, 3.63) is 18.2 Å². The summed E-state index contributed by atoms with van der Waals surface area (Å²) in [6, 6.07) is 5.31. The molecule has 0 aromatic heterocycles. The summed E-state index contributed by atoms with van der Waals surface area (Å²) < 4.78 is 11.8. The molecule has 0 saturated carbocycles. The first-order chi connectivity index (χ1) is 13.2. The maximum Gasteiger partial charge on any atom is 0.492 e. The standard InChI is InChI=1S/C22H39BO4/c1-3-5-7-9-11-13-18-26-21-17-15-16-20(23(24)25)22(21)27-19-14-12-10-8-6-4-2/h15-17,24-25H,3-14,18-19H2,1-2H3. The topological polar surface area (TPSA) is 58.9 Å². The van der Waals surface area contributed by atoms with Crippen LogP contribution in [0.3, 0.4) is 0 Å². The average molecular weight is 378 g/mol. The van der Waals surface area contributed by atoms with Gasteiger partial charge in [-0.05, 0) is 18.9 Å². The molecule has 2 N–H and O–H groups in total. The minimum Gasteiger partial charge on any atom is -0.490 e. The van der Waals surface area contributed by atoms with E-state index in [1.807, 2.05) is 6.07 Å². The van der Waals surface area contributed by atoms with Crippen molar-refractivity contribution in [2.75, 3.05) is 13.2 Å². The second kappa shape index (κ2) is 15.8. The number of benzene rings is 1. The van der Waals surface area contributed by atoms with Gasteiger partial charge in [-0.25, -0.2) is 0 Å². The predicted molar refractivity (Wildman–Crippen MR) is 114 cm³/mol. The fraction of sp³-hybridized carbons (Fsp3) is 0.727. The largest absolute Gasteiger partial charge is 0.492 e. The maximum absolute atomic E-state index is 9.64. The summed E-state index contributed by atoms with van der Waals surface area (Å²) in [5.74, 6) is 1.09. The predicted octanol–water partition coefficient (Wildman–Crippen LogP) is 4.85. The van der Waals surface area contributed by atoms with E-state index in [2.05, 4.69) is 13.8 Å². The molecule has 0 bridgehead atoms. The summed E-state index contributed by atoms with van der Waals surface area (Å²) in [6.07, 6.45) is 14.4. The molecule has 0 atom stereocenters. The summed E-state index contributed by atoms with van der Waals surface area (Å²) in [7, 11) is -1.55. The summed E-state index contributed by atoms with van der Waals surface area (Å²) in [4.78, 5) is 0. The monoisotopic (exact) mass is 378 g/mol. The molecular weight excluding hydrogens is 339 g/mol. The van der Waals surface area contributed by atoms with Crippen molar-refractivity contribution in [2.45, 2.75) is 90.9 Å². The zero-order valence-corrected chi connectivity index (χ0v) is 17.4. The highest BCUT2D eigenvalue weighted by atomic mass is 16.5. The number of para-hydroxylation sites is 1. The first-order valence-corrected chi connectivity index (χ1v) is 10.9. The summed E-state index contributed by atoms with van der Waals surface area (Å²) in [6.45, 7) is 5.64. The minimum atomic E-state index is -1.55.